The molecule has 4 rings (SSSR count). The van der Waals surface area contributed by atoms with Gasteiger partial charge in [0.2, 0.25) is 11.8 Å². The van der Waals surface area contributed by atoms with Crippen LogP contribution in [0.25, 0.3) is 0 Å². The van der Waals surface area contributed by atoms with Crippen LogP contribution in [0, 0.1) is 6.92 Å². The highest BCUT2D eigenvalue weighted by atomic mass is 35.5. The summed E-state index contributed by atoms with van der Waals surface area (Å²) in [4.78, 5) is 31.3. The van der Waals surface area contributed by atoms with Crippen LogP contribution in [0.3, 0.4) is 0 Å². The van der Waals surface area contributed by atoms with Crippen molar-refractivity contribution in [2.45, 2.75) is 44.8 Å². The predicted molar refractivity (Wildman–Crippen MR) is 124 cm³/mol. The summed E-state index contributed by atoms with van der Waals surface area (Å²) in [5, 5.41) is 2.11. The van der Waals surface area contributed by atoms with Crippen molar-refractivity contribution in [3.8, 4) is 0 Å². The van der Waals surface area contributed by atoms with E-state index in [9.17, 15) is 9.59 Å². The summed E-state index contributed by atoms with van der Waals surface area (Å²) in [6.45, 7) is 3.99. The van der Waals surface area contributed by atoms with Crippen molar-refractivity contribution in [3.63, 3.8) is 0 Å². The van der Waals surface area contributed by atoms with Gasteiger partial charge in [-0.3, -0.25) is 9.59 Å². The zero-order valence-electron chi connectivity index (χ0n) is 17.9. The lowest BCUT2D eigenvalue weighted by Crippen LogP contribution is -2.48. The summed E-state index contributed by atoms with van der Waals surface area (Å²) in [5.74, 6) is 0.147. The Hall–Kier alpha value is -1.89. The first-order valence-electron chi connectivity index (χ1n) is 10.9. The van der Waals surface area contributed by atoms with Crippen molar-refractivity contribution in [1.82, 2.24) is 9.80 Å². The van der Waals surface area contributed by atoms with Gasteiger partial charge >= 0.3 is 0 Å². The summed E-state index contributed by atoms with van der Waals surface area (Å²) < 4.78 is 5.73. The number of aryl methyl sites for hydroxylation is 1. The Bertz CT molecular complexity index is 925. The van der Waals surface area contributed by atoms with Gasteiger partial charge in [-0.15, -0.1) is 22.9 Å². The minimum absolute atomic E-state index is 0.00377. The standard InChI is InChI=1S/C24H29ClN2O3S/c1-17-5-2-3-7-19(17)24-20-10-14-31-21(20)9-12-27(24)23(29)16-26(22(28)8-11-25)15-18-6-4-13-30-18/h2-3,5,7,10,14,18,24H,4,6,8-9,11-13,15-16H2,1H3. The van der Waals surface area contributed by atoms with Gasteiger partial charge in [0, 0.05) is 36.9 Å². The maximum atomic E-state index is 13.6. The lowest BCUT2D eigenvalue weighted by molar-refractivity contribution is -0.142. The van der Waals surface area contributed by atoms with E-state index in [4.69, 9.17) is 16.3 Å². The number of fused-ring (bicyclic) bond motifs is 1. The van der Waals surface area contributed by atoms with Gasteiger partial charge in [-0.2, -0.15) is 0 Å². The zero-order valence-corrected chi connectivity index (χ0v) is 19.5. The summed E-state index contributed by atoms with van der Waals surface area (Å²) in [6.07, 6.45) is 3.01. The second kappa shape index (κ2) is 10.2. The molecule has 1 aromatic carbocycles. The third kappa shape index (κ3) is 4.97. The molecule has 2 atom stereocenters. The van der Waals surface area contributed by atoms with Crippen molar-refractivity contribution in [2.75, 3.05) is 32.1 Å². The molecule has 0 aliphatic carbocycles. The van der Waals surface area contributed by atoms with Crippen LogP contribution in [-0.4, -0.2) is 59.8 Å². The lowest BCUT2D eigenvalue weighted by atomic mass is 9.90. The first-order valence-corrected chi connectivity index (χ1v) is 12.4. The van der Waals surface area contributed by atoms with Gasteiger partial charge in [0.25, 0.3) is 0 Å². The minimum Gasteiger partial charge on any atom is -0.376 e. The average molecular weight is 461 g/mol. The number of carbonyl (C=O) groups excluding carboxylic acids is 2. The van der Waals surface area contributed by atoms with E-state index in [0.29, 0.717) is 13.1 Å². The number of amides is 2. The number of rotatable bonds is 7. The molecule has 0 spiro atoms. The van der Waals surface area contributed by atoms with Gasteiger partial charge in [0.05, 0.1) is 18.7 Å². The van der Waals surface area contributed by atoms with Crippen molar-refractivity contribution in [3.05, 3.63) is 57.3 Å². The molecule has 31 heavy (non-hydrogen) atoms. The number of nitrogens with zero attached hydrogens (tertiary/aromatic N) is 2. The normalized spacial score (nSPS) is 20.5. The highest BCUT2D eigenvalue weighted by molar-refractivity contribution is 7.10. The molecule has 2 aromatic rings. The number of thiophene rings is 1. The van der Waals surface area contributed by atoms with Crippen LogP contribution >= 0.6 is 22.9 Å². The molecule has 5 nitrogen and oxygen atoms in total. The molecule has 0 N–H and O–H groups in total. The molecule has 2 unspecified atom stereocenters. The van der Waals surface area contributed by atoms with E-state index in [1.54, 1.807) is 16.2 Å². The van der Waals surface area contributed by atoms with E-state index < -0.39 is 0 Å². The fourth-order valence-electron chi connectivity index (χ4n) is 4.60. The van der Waals surface area contributed by atoms with Crippen LogP contribution in [0.5, 0.6) is 0 Å². The number of hydrogen-bond donors (Lipinski definition) is 0. The van der Waals surface area contributed by atoms with Gasteiger partial charge in [-0.25, -0.2) is 0 Å². The molecule has 1 fully saturated rings. The maximum Gasteiger partial charge on any atom is 0.242 e. The molecule has 0 bridgehead atoms. The van der Waals surface area contributed by atoms with Crippen LogP contribution in [0.15, 0.2) is 35.7 Å². The van der Waals surface area contributed by atoms with Gasteiger partial charge in [-0.05, 0) is 54.3 Å². The Morgan fingerprint density at radius 2 is 2.10 bits per heavy atom. The lowest BCUT2D eigenvalue weighted by Gasteiger charge is -2.38. The van der Waals surface area contributed by atoms with Gasteiger partial charge < -0.3 is 14.5 Å². The molecule has 1 saturated heterocycles. The van der Waals surface area contributed by atoms with Crippen LogP contribution in [0.1, 0.15) is 46.9 Å². The Morgan fingerprint density at radius 3 is 2.84 bits per heavy atom. The zero-order chi connectivity index (χ0) is 21.8. The second-order valence-electron chi connectivity index (χ2n) is 8.24. The van der Waals surface area contributed by atoms with Gasteiger partial charge in [0.1, 0.15) is 0 Å². The second-order valence-corrected chi connectivity index (χ2v) is 9.62. The SMILES string of the molecule is Cc1ccccc1C1c2ccsc2CCN1C(=O)CN(CC1CCCO1)C(=O)CCCl. The summed E-state index contributed by atoms with van der Waals surface area (Å²) in [7, 11) is 0. The number of benzene rings is 1. The van der Waals surface area contributed by atoms with Crippen molar-refractivity contribution in [2.24, 2.45) is 0 Å². The first-order chi connectivity index (χ1) is 15.1. The number of alkyl halides is 1. The van der Waals surface area contributed by atoms with E-state index in [1.807, 2.05) is 17.0 Å². The largest absolute Gasteiger partial charge is 0.376 e. The Balaban J connectivity index is 1.58. The number of hydrogen-bond acceptors (Lipinski definition) is 4. The van der Waals surface area contributed by atoms with E-state index >= 15 is 0 Å². The van der Waals surface area contributed by atoms with Crippen LogP contribution < -0.4 is 0 Å². The van der Waals surface area contributed by atoms with Crippen LogP contribution in [0.4, 0.5) is 0 Å². The molecule has 0 radical (unpaired) electrons. The number of halogens is 1. The summed E-state index contributed by atoms with van der Waals surface area (Å²) in [5.41, 5.74) is 3.52. The van der Waals surface area contributed by atoms with Crippen molar-refractivity contribution in [1.29, 1.82) is 0 Å². The fourth-order valence-corrected chi connectivity index (χ4v) is 5.66. The Morgan fingerprint density at radius 1 is 1.26 bits per heavy atom. The third-order valence-electron chi connectivity index (χ3n) is 6.20. The van der Waals surface area contributed by atoms with Gasteiger partial charge in [-0.1, -0.05) is 24.3 Å². The summed E-state index contributed by atoms with van der Waals surface area (Å²) in [6, 6.07) is 10.3. The smallest absolute Gasteiger partial charge is 0.242 e. The van der Waals surface area contributed by atoms with E-state index in [-0.39, 0.29) is 42.8 Å². The van der Waals surface area contributed by atoms with Crippen molar-refractivity contribution >= 4 is 34.8 Å². The number of ether oxygens (including phenoxy) is 1. The first kappa shape index (κ1) is 22.3. The van der Waals surface area contributed by atoms with Crippen LogP contribution in [0.2, 0.25) is 0 Å². The molecule has 166 valence electrons. The topological polar surface area (TPSA) is 49.9 Å². The molecule has 2 aliphatic rings. The average Bonchev–Trinajstić information content (AvgIpc) is 3.45. The van der Waals surface area contributed by atoms with E-state index in [1.165, 1.54) is 16.0 Å². The minimum atomic E-state index is -0.114. The summed E-state index contributed by atoms with van der Waals surface area (Å²) >= 11 is 7.59. The van der Waals surface area contributed by atoms with Crippen molar-refractivity contribution < 1.29 is 14.3 Å². The fraction of sp³-hybridized carbons (Fsp3) is 0.500. The van der Waals surface area contributed by atoms with E-state index in [2.05, 4.69) is 30.5 Å². The van der Waals surface area contributed by atoms with Gasteiger partial charge in [0.15, 0.2) is 0 Å². The van der Waals surface area contributed by atoms with Crippen LogP contribution in [-0.2, 0) is 20.7 Å². The molecule has 2 amide bonds. The predicted octanol–water partition coefficient (Wildman–Crippen LogP) is 4.17. The Labute approximate surface area is 192 Å². The maximum absolute atomic E-state index is 13.6. The third-order valence-corrected chi connectivity index (χ3v) is 7.39. The molecule has 2 aliphatic heterocycles. The van der Waals surface area contributed by atoms with E-state index in [0.717, 1.165) is 31.4 Å². The molecule has 1 aromatic heterocycles. The quantitative estimate of drug-likeness (QED) is 0.583. The molecule has 0 saturated carbocycles. The number of carbonyl (C=O) groups is 2. The molecular weight excluding hydrogens is 432 g/mol. The Kier molecular flexibility index (Phi) is 7.31. The monoisotopic (exact) mass is 460 g/mol. The highest BCUT2D eigenvalue weighted by Crippen LogP contribution is 2.39. The molecular formula is C24H29ClN2O3S. The highest BCUT2D eigenvalue weighted by Gasteiger charge is 2.35. The molecule has 7 heteroatoms. The molecule has 3 heterocycles.